The standard InChI is InChI=1S/C16H13BrFNO2/c17-13-6-7-14(18)11(9-13)5-8-16(21)19-15-4-2-1-3-12(15)10-20/h1-9,20H,10H2,(H,19,21). The normalized spacial score (nSPS) is 10.8. The third-order valence-electron chi connectivity index (χ3n) is 2.82. The summed E-state index contributed by atoms with van der Waals surface area (Å²) in [6.07, 6.45) is 2.65. The summed E-state index contributed by atoms with van der Waals surface area (Å²) >= 11 is 3.25. The van der Waals surface area contributed by atoms with Crippen molar-refractivity contribution >= 4 is 33.6 Å². The number of hydrogen-bond donors (Lipinski definition) is 2. The molecule has 0 aliphatic heterocycles. The van der Waals surface area contributed by atoms with Gasteiger partial charge in [0.25, 0.3) is 0 Å². The number of carbonyl (C=O) groups excluding carboxylic acids is 1. The Morgan fingerprint density at radius 3 is 2.81 bits per heavy atom. The number of anilines is 1. The molecule has 1 amide bonds. The number of para-hydroxylation sites is 1. The number of hydrogen-bond acceptors (Lipinski definition) is 2. The van der Waals surface area contributed by atoms with Crippen LogP contribution >= 0.6 is 15.9 Å². The van der Waals surface area contributed by atoms with Crippen molar-refractivity contribution in [2.45, 2.75) is 6.61 Å². The third kappa shape index (κ3) is 4.24. The van der Waals surface area contributed by atoms with Gasteiger partial charge in [0.1, 0.15) is 5.82 Å². The van der Waals surface area contributed by atoms with Crippen molar-refractivity contribution in [3.8, 4) is 0 Å². The Bertz CT molecular complexity index is 686. The van der Waals surface area contributed by atoms with Gasteiger partial charge < -0.3 is 10.4 Å². The summed E-state index contributed by atoms with van der Waals surface area (Å²) in [6, 6.07) is 11.4. The second-order valence-corrected chi connectivity index (χ2v) is 5.22. The van der Waals surface area contributed by atoms with E-state index in [-0.39, 0.29) is 6.61 Å². The fourth-order valence-corrected chi connectivity index (χ4v) is 2.14. The minimum absolute atomic E-state index is 0.166. The predicted molar refractivity (Wildman–Crippen MR) is 84.1 cm³/mol. The molecule has 21 heavy (non-hydrogen) atoms. The van der Waals surface area contributed by atoms with Gasteiger partial charge in [0.2, 0.25) is 5.91 Å². The lowest BCUT2D eigenvalue weighted by atomic mass is 10.2. The SMILES string of the molecule is O=C(C=Cc1cc(Br)ccc1F)Nc1ccccc1CO. The molecule has 0 spiro atoms. The van der Waals surface area contributed by atoms with Crippen LogP contribution in [0.1, 0.15) is 11.1 Å². The van der Waals surface area contributed by atoms with Gasteiger partial charge in [-0.05, 0) is 30.3 Å². The Kier molecular flexibility index (Phi) is 5.25. The molecule has 3 nitrogen and oxygen atoms in total. The van der Waals surface area contributed by atoms with Gasteiger partial charge in [0, 0.05) is 27.4 Å². The molecule has 0 aromatic heterocycles. The highest BCUT2D eigenvalue weighted by Crippen LogP contribution is 2.17. The van der Waals surface area contributed by atoms with Crippen molar-refractivity contribution in [1.29, 1.82) is 0 Å². The molecule has 0 aliphatic carbocycles. The van der Waals surface area contributed by atoms with Gasteiger partial charge in [0.05, 0.1) is 6.61 Å². The van der Waals surface area contributed by atoms with Crippen LogP contribution in [0.3, 0.4) is 0 Å². The van der Waals surface area contributed by atoms with Crippen LogP contribution in [-0.2, 0) is 11.4 Å². The fraction of sp³-hybridized carbons (Fsp3) is 0.0625. The van der Waals surface area contributed by atoms with Gasteiger partial charge in [-0.15, -0.1) is 0 Å². The molecule has 2 rings (SSSR count). The molecule has 5 heteroatoms. The lowest BCUT2D eigenvalue weighted by Crippen LogP contribution is -2.09. The average molecular weight is 350 g/mol. The molecule has 0 fully saturated rings. The van der Waals surface area contributed by atoms with Gasteiger partial charge >= 0.3 is 0 Å². The van der Waals surface area contributed by atoms with Crippen LogP contribution in [0.2, 0.25) is 0 Å². The summed E-state index contributed by atoms with van der Waals surface area (Å²) in [5.74, 6) is -0.798. The highest BCUT2D eigenvalue weighted by Gasteiger charge is 2.04. The smallest absolute Gasteiger partial charge is 0.248 e. The zero-order valence-corrected chi connectivity index (χ0v) is 12.6. The maximum atomic E-state index is 13.5. The summed E-state index contributed by atoms with van der Waals surface area (Å²) in [7, 11) is 0. The minimum Gasteiger partial charge on any atom is -0.392 e. The number of aliphatic hydroxyl groups is 1. The quantitative estimate of drug-likeness (QED) is 0.826. The Balaban J connectivity index is 2.11. The van der Waals surface area contributed by atoms with Gasteiger partial charge in [-0.25, -0.2) is 4.39 Å². The molecule has 0 bridgehead atoms. The number of rotatable bonds is 4. The molecule has 0 saturated heterocycles. The average Bonchev–Trinajstić information content (AvgIpc) is 2.49. The van der Waals surface area contributed by atoms with E-state index in [1.807, 2.05) is 0 Å². The highest BCUT2D eigenvalue weighted by molar-refractivity contribution is 9.10. The highest BCUT2D eigenvalue weighted by atomic mass is 79.9. The van der Waals surface area contributed by atoms with Gasteiger partial charge in [-0.1, -0.05) is 34.1 Å². The van der Waals surface area contributed by atoms with E-state index in [0.29, 0.717) is 16.8 Å². The maximum absolute atomic E-state index is 13.5. The molecule has 0 aliphatic rings. The van der Waals surface area contributed by atoms with Crippen LogP contribution in [0.5, 0.6) is 0 Å². The molecule has 0 saturated carbocycles. The van der Waals surface area contributed by atoms with E-state index >= 15 is 0 Å². The number of halogens is 2. The number of amides is 1. The fourth-order valence-electron chi connectivity index (χ4n) is 1.76. The maximum Gasteiger partial charge on any atom is 0.248 e. The molecule has 2 aromatic rings. The van der Waals surface area contributed by atoms with Crippen LogP contribution in [0.15, 0.2) is 53.0 Å². The molecule has 0 radical (unpaired) electrons. The van der Waals surface area contributed by atoms with Gasteiger partial charge in [0.15, 0.2) is 0 Å². The molecule has 2 N–H and O–H groups in total. The van der Waals surface area contributed by atoms with Gasteiger partial charge in [-0.2, -0.15) is 0 Å². The lowest BCUT2D eigenvalue weighted by Gasteiger charge is -2.07. The van der Waals surface area contributed by atoms with E-state index in [4.69, 9.17) is 0 Å². The molecule has 0 atom stereocenters. The summed E-state index contributed by atoms with van der Waals surface area (Å²) in [6.45, 7) is -0.166. The van der Waals surface area contributed by atoms with Crippen LogP contribution in [0, 0.1) is 5.82 Å². The summed E-state index contributed by atoms with van der Waals surface area (Å²) in [5.41, 5.74) is 1.47. The number of benzene rings is 2. The van der Waals surface area contributed by atoms with Crippen molar-refractivity contribution in [2.75, 3.05) is 5.32 Å². The summed E-state index contributed by atoms with van der Waals surface area (Å²) in [5, 5.41) is 11.8. The van der Waals surface area contributed by atoms with Crippen LogP contribution in [0.25, 0.3) is 6.08 Å². The topological polar surface area (TPSA) is 49.3 Å². The van der Waals surface area contributed by atoms with Crippen LogP contribution in [0.4, 0.5) is 10.1 Å². The Hall–Kier alpha value is -1.98. The van der Waals surface area contributed by atoms with E-state index in [9.17, 15) is 14.3 Å². The Morgan fingerprint density at radius 2 is 2.05 bits per heavy atom. The first-order valence-electron chi connectivity index (χ1n) is 6.23. The van der Waals surface area contributed by atoms with Crippen molar-refractivity contribution < 1.29 is 14.3 Å². The van der Waals surface area contributed by atoms with E-state index in [0.717, 1.165) is 4.47 Å². The molecule has 0 heterocycles. The Morgan fingerprint density at radius 1 is 1.29 bits per heavy atom. The lowest BCUT2D eigenvalue weighted by molar-refractivity contribution is -0.111. The molecular weight excluding hydrogens is 337 g/mol. The minimum atomic E-state index is -0.405. The van der Waals surface area contributed by atoms with Crippen LogP contribution in [-0.4, -0.2) is 11.0 Å². The van der Waals surface area contributed by atoms with Crippen molar-refractivity contribution in [1.82, 2.24) is 0 Å². The number of aliphatic hydroxyl groups excluding tert-OH is 1. The number of carbonyl (C=O) groups is 1. The predicted octanol–water partition coefficient (Wildman–Crippen LogP) is 3.73. The van der Waals surface area contributed by atoms with Gasteiger partial charge in [-0.3, -0.25) is 4.79 Å². The Labute approximate surface area is 130 Å². The monoisotopic (exact) mass is 349 g/mol. The van der Waals surface area contributed by atoms with E-state index in [1.54, 1.807) is 36.4 Å². The number of nitrogens with one attached hydrogen (secondary N) is 1. The first-order chi connectivity index (χ1) is 10.1. The zero-order valence-electron chi connectivity index (χ0n) is 11.0. The second-order valence-electron chi connectivity index (χ2n) is 4.30. The van der Waals surface area contributed by atoms with Crippen LogP contribution < -0.4 is 5.32 Å². The molecular formula is C16H13BrFNO2. The summed E-state index contributed by atoms with van der Waals surface area (Å²) in [4.78, 5) is 11.8. The van der Waals surface area contributed by atoms with E-state index in [1.165, 1.54) is 18.2 Å². The first kappa shape index (κ1) is 15.4. The van der Waals surface area contributed by atoms with Crippen molar-refractivity contribution in [3.63, 3.8) is 0 Å². The molecule has 0 unspecified atom stereocenters. The third-order valence-corrected chi connectivity index (χ3v) is 3.31. The van der Waals surface area contributed by atoms with Crippen molar-refractivity contribution in [2.24, 2.45) is 0 Å². The van der Waals surface area contributed by atoms with E-state index < -0.39 is 11.7 Å². The molecule has 108 valence electrons. The van der Waals surface area contributed by atoms with E-state index in [2.05, 4.69) is 21.2 Å². The first-order valence-corrected chi connectivity index (χ1v) is 7.02. The zero-order chi connectivity index (χ0) is 15.2. The second kappa shape index (κ2) is 7.15. The van der Waals surface area contributed by atoms with Crippen molar-refractivity contribution in [3.05, 3.63) is 70.0 Å². The largest absolute Gasteiger partial charge is 0.392 e. The summed E-state index contributed by atoms with van der Waals surface area (Å²) < 4.78 is 14.3. The molecule has 2 aromatic carbocycles.